The fraction of sp³-hybridized carbons (Fsp3) is 1.00. The minimum atomic E-state index is -0.260. The zero-order chi connectivity index (χ0) is 12.8. The molecule has 0 spiro atoms. The second-order valence-corrected chi connectivity index (χ2v) is 5.57. The second kappa shape index (κ2) is 7.40. The van der Waals surface area contributed by atoms with E-state index >= 15 is 0 Å². The summed E-state index contributed by atoms with van der Waals surface area (Å²) in [7, 11) is 2.12. The number of hydrogen-bond donors (Lipinski definition) is 2. The van der Waals surface area contributed by atoms with Gasteiger partial charge in [0, 0.05) is 32.7 Å². The van der Waals surface area contributed by atoms with E-state index in [1.807, 2.05) is 0 Å². The highest BCUT2D eigenvalue weighted by atomic mass is 16.5. The molecule has 0 bridgehead atoms. The number of nitrogens with zero attached hydrogens (tertiary/aromatic N) is 2. The third-order valence-electron chi connectivity index (χ3n) is 3.76. The minimum absolute atomic E-state index is 0.260. The van der Waals surface area contributed by atoms with E-state index in [0.717, 1.165) is 45.9 Å². The average Bonchev–Trinajstić information content (AvgIpc) is 2.82. The van der Waals surface area contributed by atoms with Crippen molar-refractivity contribution in [2.75, 3.05) is 59.5 Å². The van der Waals surface area contributed by atoms with E-state index in [9.17, 15) is 5.11 Å². The Kier molecular flexibility index (Phi) is 5.85. The highest BCUT2D eigenvalue weighted by Crippen LogP contribution is 2.07. The van der Waals surface area contributed by atoms with Crippen molar-refractivity contribution in [1.82, 2.24) is 15.1 Å². The van der Waals surface area contributed by atoms with E-state index in [1.54, 1.807) is 0 Å². The lowest BCUT2D eigenvalue weighted by Gasteiger charge is -2.30. The first-order valence-electron chi connectivity index (χ1n) is 7.15. The summed E-state index contributed by atoms with van der Waals surface area (Å²) in [6.07, 6.45) is 2.57. The third-order valence-corrected chi connectivity index (χ3v) is 3.76. The molecular formula is C13H27N3O2. The second-order valence-electron chi connectivity index (χ2n) is 5.57. The standard InChI is InChI=1S/C13H27N3O2/c1-15-6-7-18-13(11-15)9-14-8-12(17)10-16-4-2-3-5-16/h12-14,17H,2-11H2,1H3. The first-order valence-corrected chi connectivity index (χ1v) is 7.15. The van der Waals surface area contributed by atoms with Gasteiger partial charge in [-0.05, 0) is 33.0 Å². The summed E-state index contributed by atoms with van der Waals surface area (Å²) in [5, 5.41) is 13.3. The number of hydrogen-bond acceptors (Lipinski definition) is 5. The molecule has 0 aromatic carbocycles. The van der Waals surface area contributed by atoms with Crippen molar-refractivity contribution in [3.63, 3.8) is 0 Å². The monoisotopic (exact) mass is 257 g/mol. The largest absolute Gasteiger partial charge is 0.390 e. The molecule has 0 saturated carbocycles. The highest BCUT2D eigenvalue weighted by Gasteiger charge is 2.18. The number of β-amino-alcohol motifs (C(OH)–C–C–N with tert-alkyl or cyclic N) is 1. The van der Waals surface area contributed by atoms with Gasteiger partial charge in [-0.1, -0.05) is 0 Å². The van der Waals surface area contributed by atoms with E-state index in [0.29, 0.717) is 6.54 Å². The van der Waals surface area contributed by atoms with Gasteiger partial charge in [-0.3, -0.25) is 0 Å². The summed E-state index contributed by atoms with van der Waals surface area (Å²) in [5.74, 6) is 0. The van der Waals surface area contributed by atoms with Crippen molar-refractivity contribution in [3.05, 3.63) is 0 Å². The summed E-state index contributed by atoms with van der Waals surface area (Å²) in [5.41, 5.74) is 0. The van der Waals surface area contributed by atoms with E-state index in [1.165, 1.54) is 12.8 Å². The first-order chi connectivity index (χ1) is 8.74. The molecule has 0 aromatic rings. The number of likely N-dealkylation sites (N-methyl/N-ethyl adjacent to an activating group) is 1. The third kappa shape index (κ3) is 4.82. The Labute approximate surface area is 110 Å². The first kappa shape index (κ1) is 14.2. The Hall–Kier alpha value is -0.200. The van der Waals surface area contributed by atoms with E-state index in [2.05, 4.69) is 22.2 Å². The highest BCUT2D eigenvalue weighted by molar-refractivity contribution is 4.74. The maximum Gasteiger partial charge on any atom is 0.0826 e. The number of morpholine rings is 1. The fourth-order valence-corrected chi connectivity index (χ4v) is 2.73. The Morgan fingerprint density at radius 1 is 1.33 bits per heavy atom. The van der Waals surface area contributed by atoms with Crippen molar-refractivity contribution in [3.8, 4) is 0 Å². The Balaban J connectivity index is 1.53. The molecule has 5 heteroatoms. The van der Waals surface area contributed by atoms with E-state index in [4.69, 9.17) is 4.74 Å². The lowest BCUT2D eigenvalue weighted by Crippen LogP contribution is -2.46. The van der Waals surface area contributed by atoms with Crippen molar-refractivity contribution >= 4 is 0 Å². The maximum absolute atomic E-state index is 9.94. The molecule has 2 saturated heterocycles. The molecule has 2 aliphatic rings. The van der Waals surface area contributed by atoms with Crippen molar-refractivity contribution in [2.24, 2.45) is 0 Å². The topological polar surface area (TPSA) is 48.0 Å². The fourth-order valence-electron chi connectivity index (χ4n) is 2.73. The molecular weight excluding hydrogens is 230 g/mol. The summed E-state index contributed by atoms with van der Waals surface area (Å²) in [6.45, 7) is 7.42. The Morgan fingerprint density at radius 3 is 2.83 bits per heavy atom. The number of aliphatic hydroxyl groups is 1. The molecule has 0 aromatic heterocycles. The molecule has 0 aliphatic carbocycles. The van der Waals surface area contributed by atoms with E-state index in [-0.39, 0.29) is 12.2 Å². The summed E-state index contributed by atoms with van der Waals surface area (Å²) in [6, 6.07) is 0. The molecule has 2 rings (SSSR count). The van der Waals surface area contributed by atoms with Crippen LogP contribution in [0.2, 0.25) is 0 Å². The minimum Gasteiger partial charge on any atom is -0.390 e. The van der Waals surface area contributed by atoms with Crippen LogP contribution in [0, 0.1) is 0 Å². The quantitative estimate of drug-likeness (QED) is 0.663. The lowest BCUT2D eigenvalue weighted by atomic mass is 10.2. The van der Waals surface area contributed by atoms with E-state index < -0.39 is 0 Å². The SMILES string of the molecule is CN1CCOC(CNCC(O)CN2CCCC2)C1. The molecule has 106 valence electrons. The molecule has 2 aliphatic heterocycles. The maximum atomic E-state index is 9.94. The molecule has 2 unspecified atom stereocenters. The van der Waals surface area contributed by atoms with Crippen LogP contribution in [0.5, 0.6) is 0 Å². The zero-order valence-electron chi connectivity index (χ0n) is 11.5. The average molecular weight is 257 g/mol. The number of rotatable bonds is 6. The molecule has 2 fully saturated rings. The van der Waals surface area contributed by atoms with Gasteiger partial charge in [-0.15, -0.1) is 0 Å². The molecule has 18 heavy (non-hydrogen) atoms. The van der Waals surface area contributed by atoms with Gasteiger partial charge in [0.25, 0.3) is 0 Å². The Morgan fingerprint density at radius 2 is 2.11 bits per heavy atom. The van der Waals surface area contributed by atoms with Crippen LogP contribution in [0.3, 0.4) is 0 Å². The summed E-state index contributed by atoms with van der Waals surface area (Å²) in [4.78, 5) is 4.63. The van der Waals surface area contributed by atoms with Gasteiger partial charge < -0.3 is 25.0 Å². The van der Waals surface area contributed by atoms with Gasteiger partial charge in [0.1, 0.15) is 0 Å². The molecule has 2 atom stereocenters. The van der Waals surface area contributed by atoms with Crippen LogP contribution in [0.1, 0.15) is 12.8 Å². The van der Waals surface area contributed by atoms with Crippen LogP contribution < -0.4 is 5.32 Å². The van der Waals surface area contributed by atoms with Crippen LogP contribution in [-0.4, -0.2) is 86.6 Å². The van der Waals surface area contributed by atoms with Gasteiger partial charge in [0.2, 0.25) is 0 Å². The van der Waals surface area contributed by atoms with Crippen LogP contribution in [0.15, 0.2) is 0 Å². The van der Waals surface area contributed by atoms with Gasteiger partial charge in [0.05, 0.1) is 18.8 Å². The Bertz CT molecular complexity index is 234. The lowest BCUT2D eigenvalue weighted by molar-refractivity contribution is -0.0193. The summed E-state index contributed by atoms with van der Waals surface area (Å²) < 4.78 is 5.67. The van der Waals surface area contributed by atoms with Crippen LogP contribution in [-0.2, 0) is 4.74 Å². The number of ether oxygens (including phenoxy) is 1. The predicted molar refractivity (Wildman–Crippen MR) is 71.8 cm³/mol. The van der Waals surface area contributed by atoms with Crippen LogP contribution in [0.4, 0.5) is 0 Å². The number of likely N-dealkylation sites (tertiary alicyclic amines) is 1. The smallest absolute Gasteiger partial charge is 0.0826 e. The predicted octanol–water partition coefficient (Wildman–Crippen LogP) is -0.637. The van der Waals surface area contributed by atoms with Crippen LogP contribution >= 0.6 is 0 Å². The number of aliphatic hydroxyl groups excluding tert-OH is 1. The van der Waals surface area contributed by atoms with Gasteiger partial charge >= 0.3 is 0 Å². The summed E-state index contributed by atoms with van der Waals surface area (Å²) >= 11 is 0. The van der Waals surface area contributed by atoms with Gasteiger partial charge in [0.15, 0.2) is 0 Å². The zero-order valence-corrected chi connectivity index (χ0v) is 11.5. The molecule has 2 N–H and O–H groups in total. The molecule has 0 amide bonds. The number of nitrogens with one attached hydrogen (secondary N) is 1. The van der Waals surface area contributed by atoms with Gasteiger partial charge in [-0.25, -0.2) is 0 Å². The van der Waals surface area contributed by atoms with Crippen molar-refractivity contribution in [2.45, 2.75) is 25.0 Å². The normalized spacial score (nSPS) is 28.7. The van der Waals surface area contributed by atoms with Crippen LogP contribution in [0.25, 0.3) is 0 Å². The van der Waals surface area contributed by atoms with Crippen molar-refractivity contribution < 1.29 is 9.84 Å². The molecule has 0 radical (unpaired) electrons. The molecule has 2 heterocycles. The van der Waals surface area contributed by atoms with Crippen molar-refractivity contribution in [1.29, 1.82) is 0 Å². The molecule has 5 nitrogen and oxygen atoms in total. The van der Waals surface area contributed by atoms with Gasteiger partial charge in [-0.2, -0.15) is 0 Å².